The summed E-state index contributed by atoms with van der Waals surface area (Å²) in [6, 6.07) is 0.328. The van der Waals surface area contributed by atoms with Gasteiger partial charge in [0.05, 0.1) is 6.61 Å². The minimum atomic E-state index is 0.328. The maximum atomic E-state index is 6.15. The van der Waals surface area contributed by atoms with Crippen molar-refractivity contribution in [1.29, 1.82) is 0 Å². The molecule has 0 amide bonds. The molecule has 0 aliphatic carbocycles. The molecular formula is C11H23NOS. The van der Waals surface area contributed by atoms with Crippen LogP contribution in [-0.4, -0.2) is 30.3 Å². The van der Waals surface area contributed by atoms with E-state index in [0.29, 0.717) is 12.0 Å². The van der Waals surface area contributed by atoms with Gasteiger partial charge in [-0.15, -0.1) is 0 Å². The van der Waals surface area contributed by atoms with E-state index in [1.165, 1.54) is 19.3 Å². The molecule has 2 nitrogen and oxygen atoms in total. The Bertz CT molecular complexity index is 148. The van der Waals surface area contributed by atoms with Gasteiger partial charge in [0.15, 0.2) is 0 Å². The molecule has 0 aromatic rings. The second kappa shape index (κ2) is 6.70. The molecule has 0 bridgehead atoms. The monoisotopic (exact) mass is 217 g/mol. The summed E-state index contributed by atoms with van der Waals surface area (Å²) in [5.74, 6) is 1.68. The summed E-state index contributed by atoms with van der Waals surface area (Å²) in [4.78, 5) is 0. The van der Waals surface area contributed by atoms with Crippen LogP contribution >= 0.6 is 11.8 Å². The Morgan fingerprint density at radius 2 is 2.36 bits per heavy atom. The van der Waals surface area contributed by atoms with E-state index in [-0.39, 0.29) is 0 Å². The highest BCUT2D eigenvalue weighted by atomic mass is 32.2. The molecule has 1 aliphatic rings. The van der Waals surface area contributed by atoms with Crippen LogP contribution in [-0.2, 0) is 4.74 Å². The average molecular weight is 217 g/mol. The molecule has 14 heavy (non-hydrogen) atoms. The van der Waals surface area contributed by atoms with Gasteiger partial charge >= 0.3 is 0 Å². The molecule has 0 spiro atoms. The Hall–Kier alpha value is 0.270. The van der Waals surface area contributed by atoms with Crippen molar-refractivity contribution in [2.24, 2.45) is 11.7 Å². The summed E-state index contributed by atoms with van der Waals surface area (Å²) >= 11 is 2.00. The van der Waals surface area contributed by atoms with Crippen molar-refractivity contribution in [2.75, 3.05) is 19.0 Å². The highest BCUT2D eigenvalue weighted by Crippen LogP contribution is 2.21. The van der Waals surface area contributed by atoms with Crippen molar-refractivity contribution in [3.05, 3.63) is 0 Å². The number of hydrogen-bond donors (Lipinski definition) is 1. The van der Waals surface area contributed by atoms with Crippen molar-refractivity contribution in [3.8, 4) is 0 Å². The van der Waals surface area contributed by atoms with Crippen LogP contribution in [0, 0.1) is 5.92 Å². The molecule has 1 rings (SSSR count). The summed E-state index contributed by atoms with van der Waals surface area (Å²) in [7, 11) is 0. The van der Waals surface area contributed by atoms with Gasteiger partial charge in [-0.2, -0.15) is 11.8 Å². The molecule has 3 unspecified atom stereocenters. The first kappa shape index (κ1) is 12.3. The highest BCUT2D eigenvalue weighted by Gasteiger charge is 2.21. The molecule has 1 saturated heterocycles. The maximum Gasteiger partial charge on any atom is 0.0509 e. The third-order valence-corrected chi connectivity index (χ3v) is 4.43. The molecule has 3 heteroatoms. The summed E-state index contributed by atoms with van der Waals surface area (Å²) in [6.45, 7) is 6.31. The van der Waals surface area contributed by atoms with Crippen LogP contribution in [0.1, 0.15) is 33.1 Å². The third kappa shape index (κ3) is 4.20. The number of ether oxygens (including phenoxy) is 1. The first-order valence-corrected chi connectivity index (χ1v) is 6.73. The summed E-state index contributed by atoms with van der Waals surface area (Å²) in [5, 5.41) is 0.741. The summed E-state index contributed by atoms with van der Waals surface area (Å²) < 4.78 is 5.45. The molecule has 0 radical (unpaired) electrons. The second-order valence-electron chi connectivity index (χ2n) is 4.19. The van der Waals surface area contributed by atoms with E-state index in [4.69, 9.17) is 10.5 Å². The predicted molar refractivity (Wildman–Crippen MR) is 63.7 cm³/mol. The average Bonchev–Trinajstić information content (AvgIpc) is 2.26. The van der Waals surface area contributed by atoms with E-state index in [2.05, 4.69) is 13.8 Å². The molecule has 3 atom stereocenters. The SMILES string of the molecule is CCC(C)SCC(N)C1CCCOC1. The molecule has 0 aromatic carbocycles. The first-order valence-electron chi connectivity index (χ1n) is 5.69. The third-order valence-electron chi connectivity index (χ3n) is 2.95. The van der Waals surface area contributed by atoms with Crippen LogP contribution in [0.2, 0.25) is 0 Å². The van der Waals surface area contributed by atoms with Crippen molar-refractivity contribution in [2.45, 2.75) is 44.4 Å². The van der Waals surface area contributed by atoms with Crippen LogP contribution in [0.15, 0.2) is 0 Å². The normalized spacial score (nSPS) is 27.2. The second-order valence-corrected chi connectivity index (χ2v) is 5.66. The number of rotatable bonds is 5. The Balaban J connectivity index is 2.16. The van der Waals surface area contributed by atoms with E-state index in [1.807, 2.05) is 11.8 Å². The van der Waals surface area contributed by atoms with E-state index in [9.17, 15) is 0 Å². The maximum absolute atomic E-state index is 6.15. The van der Waals surface area contributed by atoms with Crippen LogP contribution in [0.5, 0.6) is 0 Å². The lowest BCUT2D eigenvalue weighted by atomic mass is 9.96. The van der Waals surface area contributed by atoms with Gasteiger partial charge in [0.2, 0.25) is 0 Å². The van der Waals surface area contributed by atoms with Gasteiger partial charge in [-0.25, -0.2) is 0 Å². The molecule has 1 fully saturated rings. The van der Waals surface area contributed by atoms with Crippen LogP contribution in [0.3, 0.4) is 0 Å². The van der Waals surface area contributed by atoms with Crippen molar-refractivity contribution >= 4 is 11.8 Å². The minimum absolute atomic E-state index is 0.328. The van der Waals surface area contributed by atoms with E-state index >= 15 is 0 Å². The molecule has 84 valence electrons. The Labute approximate surface area is 92.0 Å². The zero-order valence-electron chi connectivity index (χ0n) is 9.37. The Kier molecular flexibility index (Phi) is 5.90. The predicted octanol–water partition coefficient (Wildman–Crippen LogP) is 2.27. The van der Waals surface area contributed by atoms with E-state index < -0.39 is 0 Å². The van der Waals surface area contributed by atoms with Gasteiger partial charge in [-0.1, -0.05) is 13.8 Å². The molecular weight excluding hydrogens is 194 g/mol. The van der Waals surface area contributed by atoms with Crippen molar-refractivity contribution < 1.29 is 4.74 Å². The van der Waals surface area contributed by atoms with Gasteiger partial charge in [-0.05, 0) is 25.2 Å². The number of nitrogens with two attached hydrogens (primary N) is 1. The number of hydrogen-bond acceptors (Lipinski definition) is 3. The van der Waals surface area contributed by atoms with E-state index in [0.717, 1.165) is 24.2 Å². The number of thioether (sulfide) groups is 1. The zero-order chi connectivity index (χ0) is 10.4. The zero-order valence-corrected chi connectivity index (χ0v) is 10.2. The smallest absolute Gasteiger partial charge is 0.0509 e. The molecule has 0 aromatic heterocycles. The quantitative estimate of drug-likeness (QED) is 0.767. The van der Waals surface area contributed by atoms with Crippen LogP contribution < -0.4 is 5.73 Å². The van der Waals surface area contributed by atoms with Gasteiger partial charge in [0.1, 0.15) is 0 Å². The fourth-order valence-electron chi connectivity index (χ4n) is 1.63. The van der Waals surface area contributed by atoms with Crippen LogP contribution in [0.25, 0.3) is 0 Å². The fraction of sp³-hybridized carbons (Fsp3) is 1.00. The molecule has 1 heterocycles. The Morgan fingerprint density at radius 3 is 2.93 bits per heavy atom. The van der Waals surface area contributed by atoms with Gasteiger partial charge in [0.25, 0.3) is 0 Å². The minimum Gasteiger partial charge on any atom is -0.381 e. The highest BCUT2D eigenvalue weighted by molar-refractivity contribution is 7.99. The lowest BCUT2D eigenvalue weighted by Gasteiger charge is -2.27. The Morgan fingerprint density at radius 1 is 1.57 bits per heavy atom. The lowest BCUT2D eigenvalue weighted by Crippen LogP contribution is -2.38. The van der Waals surface area contributed by atoms with Crippen molar-refractivity contribution in [3.63, 3.8) is 0 Å². The molecule has 2 N–H and O–H groups in total. The summed E-state index contributed by atoms with van der Waals surface area (Å²) in [5.41, 5.74) is 6.15. The topological polar surface area (TPSA) is 35.2 Å². The fourth-order valence-corrected chi connectivity index (χ4v) is 2.69. The van der Waals surface area contributed by atoms with Crippen molar-refractivity contribution in [1.82, 2.24) is 0 Å². The standard InChI is InChI=1S/C11H23NOS/c1-3-9(2)14-8-11(12)10-5-4-6-13-7-10/h9-11H,3-8,12H2,1-2H3. The molecule has 1 aliphatic heterocycles. The largest absolute Gasteiger partial charge is 0.381 e. The summed E-state index contributed by atoms with van der Waals surface area (Å²) in [6.07, 6.45) is 3.67. The molecule has 0 saturated carbocycles. The first-order chi connectivity index (χ1) is 6.74. The van der Waals surface area contributed by atoms with E-state index in [1.54, 1.807) is 0 Å². The van der Waals surface area contributed by atoms with Crippen LogP contribution in [0.4, 0.5) is 0 Å². The van der Waals surface area contributed by atoms with Gasteiger partial charge < -0.3 is 10.5 Å². The van der Waals surface area contributed by atoms with Gasteiger partial charge in [0, 0.05) is 23.7 Å². The lowest BCUT2D eigenvalue weighted by molar-refractivity contribution is 0.0478. The van der Waals surface area contributed by atoms with Gasteiger partial charge in [-0.3, -0.25) is 0 Å².